The van der Waals surface area contributed by atoms with Crippen molar-refractivity contribution in [3.05, 3.63) is 12.2 Å². The van der Waals surface area contributed by atoms with Crippen LogP contribution >= 0.6 is 0 Å². The van der Waals surface area contributed by atoms with Crippen molar-refractivity contribution < 1.29 is 19.2 Å². The van der Waals surface area contributed by atoms with Gasteiger partial charge in [0, 0.05) is 70.7 Å². The van der Waals surface area contributed by atoms with E-state index in [4.69, 9.17) is 0 Å². The van der Waals surface area contributed by atoms with Crippen molar-refractivity contribution in [2.45, 2.75) is 64.2 Å². The van der Waals surface area contributed by atoms with Crippen molar-refractivity contribution in [1.29, 1.82) is 0 Å². The first-order chi connectivity index (χ1) is 15.1. The molecule has 2 aliphatic rings. The topological polar surface area (TPSA) is 98.8 Å². The molecule has 8 nitrogen and oxygen atoms in total. The first-order valence-corrected chi connectivity index (χ1v) is 11.8. The van der Waals surface area contributed by atoms with Gasteiger partial charge in [0.05, 0.1) is 0 Å². The van der Waals surface area contributed by atoms with Gasteiger partial charge in [0.15, 0.2) is 0 Å². The molecular formula is C23H38N4O4. The minimum atomic E-state index is -0.250. The molecule has 2 rings (SSSR count). The predicted octanol–water partition coefficient (Wildman–Crippen LogP) is 1.40. The molecule has 0 radical (unpaired) electrons. The van der Waals surface area contributed by atoms with Crippen molar-refractivity contribution in [2.24, 2.45) is 0 Å². The van der Waals surface area contributed by atoms with E-state index in [1.54, 1.807) is 0 Å². The summed E-state index contributed by atoms with van der Waals surface area (Å²) in [6.45, 7) is 6.35. The fraction of sp³-hybridized carbons (Fsp3) is 0.739. The summed E-state index contributed by atoms with van der Waals surface area (Å²) in [4.78, 5) is 50.3. The highest BCUT2D eigenvalue weighted by molar-refractivity contribution is 6.12. The summed E-state index contributed by atoms with van der Waals surface area (Å²) in [5, 5.41) is 6.26. The van der Waals surface area contributed by atoms with E-state index in [1.165, 1.54) is 17.1 Å². The summed E-state index contributed by atoms with van der Waals surface area (Å²) in [5.41, 5.74) is 0. The lowest BCUT2D eigenvalue weighted by Gasteiger charge is -2.26. The molecule has 2 N–H and O–H groups in total. The number of piperazine rings is 1. The number of nitrogens with one attached hydrogen (secondary N) is 2. The number of unbranched alkanes of at least 4 members (excludes halogenated alkanes) is 4. The SMILES string of the molecule is O=C(CCCCCNC(=O)CCCCCN1C(=O)C=CC1=O)CCCN1CCNCC1. The van der Waals surface area contributed by atoms with Gasteiger partial charge in [0.1, 0.15) is 5.78 Å². The van der Waals surface area contributed by atoms with E-state index < -0.39 is 0 Å². The van der Waals surface area contributed by atoms with Crippen LogP contribution in [-0.2, 0) is 19.2 Å². The lowest BCUT2D eigenvalue weighted by Crippen LogP contribution is -2.43. The van der Waals surface area contributed by atoms with Crippen LogP contribution in [0.25, 0.3) is 0 Å². The first kappa shape index (κ1) is 25.2. The molecule has 0 unspecified atom stereocenters. The number of hydrogen-bond acceptors (Lipinski definition) is 6. The summed E-state index contributed by atoms with van der Waals surface area (Å²) in [6.07, 6.45) is 10.3. The maximum Gasteiger partial charge on any atom is 0.253 e. The zero-order chi connectivity index (χ0) is 22.3. The monoisotopic (exact) mass is 434 g/mol. The molecule has 31 heavy (non-hydrogen) atoms. The van der Waals surface area contributed by atoms with Crippen molar-refractivity contribution >= 4 is 23.5 Å². The van der Waals surface area contributed by atoms with Crippen molar-refractivity contribution in [3.8, 4) is 0 Å². The van der Waals surface area contributed by atoms with Crippen LogP contribution in [0.15, 0.2) is 12.2 Å². The van der Waals surface area contributed by atoms with E-state index in [-0.39, 0.29) is 17.7 Å². The number of carbonyl (C=O) groups is 4. The summed E-state index contributed by atoms with van der Waals surface area (Å²) >= 11 is 0. The van der Waals surface area contributed by atoms with Crippen LogP contribution in [-0.4, -0.2) is 79.1 Å². The summed E-state index contributed by atoms with van der Waals surface area (Å²) in [6, 6.07) is 0. The Morgan fingerprint density at radius 3 is 2.19 bits per heavy atom. The number of ketones is 1. The smallest absolute Gasteiger partial charge is 0.253 e. The van der Waals surface area contributed by atoms with Gasteiger partial charge in [-0.2, -0.15) is 0 Å². The minimum absolute atomic E-state index is 0.0407. The highest BCUT2D eigenvalue weighted by Crippen LogP contribution is 2.08. The van der Waals surface area contributed by atoms with E-state index in [0.717, 1.165) is 77.7 Å². The van der Waals surface area contributed by atoms with E-state index in [1.807, 2.05) is 0 Å². The van der Waals surface area contributed by atoms with E-state index in [0.29, 0.717) is 38.1 Å². The third kappa shape index (κ3) is 10.7. The van der Waals surface area contributed by atoms with Gasteiger partial charge in [-0.05, 0) is 38.6 Å². The second-order valence-corrected chi connectivity index (χ2v) is 8.37. The molecular weight excluding hydrogens is 396 g/mol. The third-order valence-corrected chi connectivity index (χ3v) is 5.78. The maximum absolute atomic E-state index is 12.0. The number of hydrogen-bond donors (Lipinski definition) is 2. The van der Waals surface area contributed by atoms with Gasteiger partial charge >= 0.3 is 0 Å². The highest BCUT2D eigenvalue weighted by atomic mass is 16.2. The molecule has 0 aromatic carbocycles. The van der Waals surface area contributed by atoms with Crippen molar-refractivity contribution in [1.82, 2.24) is 20.4 Å². The van der Waals surface area contributed by atoms with Crippen LogP contribution in [0.2, 0.25) is 0 Å². The average molecular weight is 435 g/mol. The fourth-order valence-corrected chi connectivity index (χ4v) is 3.88. The van der Waals surface area contributed by atoms with Gasteiger partial charge in [-0.15, -0.1) is 0 Å². The molecule has 174 valence electrons. The van der Waals surface area contributed by atoms with Gasteiger partial charge in [-0.1, -0.05) is 12.8 Å². The first-order valence-electron chi connectivity index (χ1n) is 11.8. The van der Waals surface area contributed by atoms with Crippen molar-refractivity contribution in [3.63, 3.8) is 0 Å². The number of carbonyl (C=O) groups excluding carboxylic acids is 4. The zero-order valence-corrected chi connectivity index (χ0v) is 18.7. The minimum Gasteiger partial charge on any atom is -0.356 e. The number of amides is 3. The molecule has 0 aromatic heterocycles. The van der Waals surface area contributed by atoms with Gasteiger partial charge in [-0.25, -0.2) is 0 Å². The summed E-state index contributed by atoms with van der Waals surface area (Å²) < 4.78 is 0. The lowest BCUT2D eigenvalue weighted by molar-refractivity contribution is -0.137. The summed E-state index contributed by atoms with van der Waals surface area (Å²) in [5.74, 6) is -0.106. The van der Waals surface area contributed by atoms with Crippen LogP contribution in [0, 0.1) is 0 Å². The molecule has 0 saturated carbocycles. The molecule has 0 aliphatic carbocycles. The average Bonchev–Trinajstić information content (AvgIpc) is 3.08. The zero-order valence-electron chi connectivity index (χ0n) is 18.7. The quantitative estimate of drug-likeness (QED) is 0.281. The molecule has 2 aliphatic heterocycles. The van der Waals surface area contributed by atoms with Gasteiger partial charge in [0.2, 0.25) is 5.91 Å². The largest absolute Gasteiger partial charge is 0.356 e. The second-order valence-electron chi connectivity index (χ2n) is 8.37. The van der Waals surface area contributed by atoms with Crippen LogP contribution < -0.4 is 10.6 Å². The second kappa shape index (κ2) is 14.9. The normalized spacial score (nSPS) is 16.8. The van der Waals surface area contributed by atoms with Crippen LogP contribution in [0.5, 0.6) is 0 Å². The number of Topliss-reactive ketones (excluding diaryl/α,β-unsaturated/α-hetero) is 1. The third-order valence-electron chi connectivity index (χ3n) is 5.78. The molecule has 2 heterocycles. The molecule has 3 amide bonds. The summed E-state index contributed by atoms with van der Waals surface area (Å²) in [7, 11) is 0. The Morgan fingerprint density at radius 2 is 1.45 bits per heavy atom. The standard InChI is InChI=1S/C23H38N4O4/c28-20(9-7-16-26-18-14-24-15-19-26)8-3-1-5-13-25-21(29)10-4-2-6-17-27-22(30)11-12-23(27)31/h11-12,24H,1-10,13-19H2,(H,25,29). The molecule has 1 fully saturated rings. The molecule has 1 saturated heterocycles. The number of rotatable bonds is 16. The Hall–Kier alpha value is -2.06. The number of nitrogens with zero attached hydrogens (tertiary/aromatic N) is 2. The molecule has 8 heteroatoms. The maximum atomic E-state index is 12.0. The Labute approximate surface area is 185 Å². The Morgan fingerprint density at radius 1 is 0.806 bits per heavy atom. The molecule has 0 atom stereocenters. The molecule has 0 bridgehead atoms. The van der Waals surface area contributed by atoms with Crippen LogP contribution in [0.4, 0.5) is 0 Å². The number of imide groups is 1. The van der Waals surface area contributed by atoms with E-state index in [2.05, 4.69) is 15.5 Å². The van der Waals surface area contributed by atoms with Gasteiger partial charge in [-0.3, -0.25) is 24.1 Å². The van der Waals surface area contributed by atoms with Crippen LogP contribution in [0.3, 0.4) is 0 Å². The lowest BCUT2D eigenvalue weighted by atomic mass is 10.1. The molecule has 0 spiro atoms. The van der Waals surface area contributed by atoms with Gasteiger partial charge < -0.3 is 15.5 Å². The predicted molar refractivity (Wildman–Crippen MR) is 119 cm³/mol. The van der Waals surface area contributed by atoms with Crippen molar-refractivity contribution in [2.75, 3.05) is 45.8 Å². The Kier molecular flexibility index (Phi) is 12.1. The fourth-order valence-electron chi connectivity index (χ4n) is 3.88. The highest BCUT2D eigenvalue weighted by Gasteiger charge is 2.22. The van der Waals surface area contributed by atoms with E-state index in [9.17, 15) is 19.2 Å². The Balaban J connectivity index is 1.34. The Bertz CT molecular complexity index is 611. The molecule has 0 aromatic rings. The van der Waals surface area contributed by atoms with Gasteiger partial charge in [0.25, 0.3) is 11.8 Å². The van der Waals surface area contributed by atoms with Crippen LogP contribution in [0.1, 0.15) is 64.2 Å². The van der Waals surface area contributed by atoms with E-state index >= 15 is 0 Å².